The average Bonchev–Trinajstić information content (AvgIpc) is 3.83. The van der Waals surface area contributed by atoms with Crippen molar-refractivity contribution in [2.45, 2.75) is 0 Å². The Hall–Kier alpha value is -5.86. The number of benzene rings is 7. The van der Waals surface area contributed by atoms with Crippen LogP contribution in [0.5, 0.6) is 0 Å². The summed E-state index contributed by atoms with van der Waals surface area (Å²) in [5.41, 5.74) is 3.83. The van der Waals surface area contributed by atoms with Gasteiger partial charge in [-0.1, -0.05) is 12.1 Å². The number of nitrogens with one attached hydrogen (secondary N) is 1. The van der Waals surface area contributed by atoms with E-state index < -0.39 is 12.8 Å². The molecule has 11 aromatic rings. The van der Waals surface area contributed by atoms with E-state index in [1.54, 1.807) is 0 Å². The van der Waals surface area contributed by atoms with Crippen molar-refractivity contribution in [2.75, 3.05) is 0 Å². The molecule has 5 nitrogen and oxygen atoms in total. The minimum atomic E-state index is -3.36. The van der Waals surface area contributed by atoms with E-state index >= 15 is 4.57 Å². The number of hydrogen-bond donors (Lipinski definition) is 1. The first-order valence-electron chi connectivity index (χ1n) is 18.6. The Morgan fingerprint density at radius 3 is 1.71 bits per heavy atom. The van der Waals surface area contributed by atoms with Gasteiger partial charge >= 0.3 is 320 Å². The van der Waals surface area contributed by atoms with E-state index in [2.05, 4.69) is 155 Å². The van der Waals surface area contributed by atoms with E-state index in [0.29, 0.717) is 0 Å². The molecule has 0 aliphatic carbocycles. The molecular formula is C48H33N4OP2Se+. The molecule has 8 heteroatoms. The predicted octanol–water partition coefficient (Wildman–Crippen LogP) is 8.87. The number of para-hydroxylation sites is 3. The van der Waals surface area contributed by atoms with E-state index in [-0.39, 0.29) is 0 Å². The number of imidazole rings is 1. The normalized spacial score (nSPS) is 13.3. The molecule has 266 valence electrons. The zero-order chi connectivity index (χ0) is 37.4. The van der Waals surface area contributed by atoms with Crippen LogP contribution in [0.2, 0.25) is 0 Å². The van der Waals surface area contributed by atoms with Crippen LogP contribution in [0.15, 0.2) is 194 Å². The molecular weight excluding hydrogens is 789 g/mol. The fourth-order valence-corrected chi connectivity index (χ4v) is 17.0. The van der Waals surface area contributed by atoms with Gasteiger partial charge in [-0.15, -0.1) is 0 Å². The van der Waals surface area contributed by atoms with E-state index in [4.69, 9.17) is 0 Å². The number of pyridine rings is 2. The van der Waals surface area contributed by atoms with Crippen molar-refractivity contribution in [3.63, 3.8) is 0 Å². The fourth-order valence-electron chi connectivity index (χ4n) is 8.73. The van der Waals surface area contributed by atoms with Gasteiger partial charge in [0.2, 0.25) is 0 Å². The summed E-state index contributed by atoms with van der Waals surface area (Å²) in [4.78, 5) is 8.34. The van der Waals surface area contributed by atoms with Gasteiger partial charge in [0.1, 0.15) is 0 Å². The number of nitrogens with zero attached hydrogens (tertiary/aromatic N) is 3. The third-order valence-corrected chi connectivity index (χ3v) is 20.9. The molecule has 1 atom stereocenters. The molecule has 0 amide bonds. The van der Waals surface area contributed by atoms with Crippen molar-refractivity contribution >= 4 is 115 Å². The summed E-state index contributed by atoms with van der Waals surface area (Å²) in [5, 5.41) is 10.5. The standard InChI is InChI=1S/C48H32N4OP2Se/c53-54(33-14-3-1-4-15-33,34-16-5-2-6-17-34)46-25-13-22-40-37-18-7-8-21-41(37)48-50-42-32-36(26-27-45(42)51(48)47(40)46)55(56,35-28-30-49-31-29-35)52-43-23-11-9-19-38(43)39-20-10-12-24-44(39)52/h1-32H/p+1. The fraction of sp³-hybridized carbons (Fsp3) is 0. The van der Waals surface area contributed by atoms with E-state index in [0.717, 1.165) is 54.3 Å². The molecule has 1 N–H and O–H groups in total. The summed E-state index contributed by atoms with van der Waals surface area (Å²) in [5.74, 6) is 0. The number of aromatic amines is 1. The van der Waals surface area contributed by atoms with Crippen molar-refractivity contribution in [2.24, 2.45) is 0 Å². The molecule has 4 aromatic heterocycles. The van der Waals surface area contributed by atoms with Crippen LogP contribution < -0.4 is 30.9 Å². The maximum atomic E-state index is 16.1. The van der Waals surface area contributed by atoms with Crippen molar-refractivity contribution in [3.8, 4) is 0 Å². The van der Waals surface area contributed by atoms with Crippen molar-refractivity contribution < 1.29 is 8.97 Å². The van der Waals surface area contributed by atoms with Gasteiger partial charge in [-0.05, 0) is 0 Å². The second kappa shape index (κ2) is 12.8. The first kappa shape index (κ1) is 33.5. The van der Waals surface area contributed by atoms with E-state index in [1.165, 1.54) is 32.4 Å². The Morgan fingerprint density at radius 2 is 1.07 bits per heavy atom. The first-order chi connectivity index (χ1) is 27.6. The van der Waals surface area contributed by atoms with Gasteiger partial charge in [0.05, 0.1) is 0 Å². The summed E-state index contributed by atoms with van der Waals surface area (Å²) in [6.45, 7) is 0. The summed E-state index contributed by atoms with van der Waals surface area (Å²) in [6.07, 6.45) is 3.79. The van der Waals surface area contributed by atoms with Gasteiger partial charge in [0.25, 0.3) is 0 Å². The first-order valence-corrected chi connectivity index (χ1v) is 24.3. The van der Waals surface area contributed by atoms with Gasteiger partial charge in [-0.25, -0.2) is 0 Å². The monoisotopic (exact) mass is 823 g/mol. The predicted molar refractivity (Wildman–Crippen MR) is 237 cm³/mol. The molecule has 0 bridgehead atoms. The Balaban J connectivity index is 1.26. The molecule has 0 aliphatic heterocycles. The molecule has 7 aromatic carbocycles. The van der Waals surface area contributed by atoms with Crippen LogP contribution in [0.1, 0.15) is 0 Å². The van der Waals surface area contributed by atoms with E-state index in [1.807, 2.05) is 73.1 Å². The summed E-state index contributed by atoms with van der Waals surface area (Å²) in [6, 6.07) is 63.3. The summed E-state index contributed by atoms with van der Waals surface area (Å²) in [7, 11) is -3.36. The van der Waals surface area contributed by atoms with Crippen LogP contribution >= 0.6 is 12.8 Å². The number of aromatic nitrogens is 4. The van der Waals surface area contributed by atoms with Crippen LogP contribution in [0.25, 0.3) is 60.2 Å². The number of fused-ring (bicyclic) bond motifs is 11. The molecule has 0 fully saturated rings. The van der Waals surface area contributed by atoms with Gasteiger partial charge in [-0.2, -0.15) is 0 Å². The Labute approximate surface area is 330 Å². The molecule has 11 rings (SSSR count). The van der Waals surface area contributed by atoms with Gasteiger partial charge < -0.3 is 0 Å². The van der Waals surface area contributed by atoms with Crippen LogP contribution in [-0.4, -0.2) is 29.4 Å². The number of hydrogen-bond acceptors (Lipinski definition) is 2. The zero-order valence-electron chi connectivity index (χ0n) is 30.0. The third-order valence-electron chi connectivity index (χ3n) is 11.2. The molecule has 0 radical (unpaired) electrons. The van der Waals surface area contributed by atoms with Crippen LogP contribution in [0, 0.1) is 0 Å². The van der Waals surface area contributed by atoms with E-state index in [9.17, 15) is 0 Å². The Morgan fingerprint density at radius 1 is 0.518 bits per heavy atom. The zero-order valence-corrected chi connectivity index (χ0v) is 33.5. The second-order valence-corrected chi connectivity index (χ2v) is 22.8. The van der Waals surface area contributed by atoms with Gasteiger partial charge in [0, 0.05) is 0 Å². The topological polar surface area (TPSA) is 54.8 Å². The van der Waals surface area contributed by atoms with Crippen molar-refractivity contribution in [1.29, 1.82) is 0 Å². The quantitative estimate of drug-likeness (QED) is 0.0789. The van der Waals surface area contributed by atoms with Crippen molar-refractivity contribution in [1.82, 2.24) is 14.3 Å². The molecule has 0 saturated heterocycles. The molecule has 1 unspecified atom stereocenters. The van der Waals surface area contributed by atoms with Crippen LogP contribution in [0.3, 0.4) is 0 Å². The molecule has 0 aliphatic rings. The van der Waals surface area contributed by atoms with Crippen LogP contribution in [-0.2, 0) is 4.57 Å². The molecule has 4 heterocycles. The van der Waals surface area contributed by atoms with Crippen LogP contribution in [0.4, 0.5) is 0 Å². The second-order valence-electron chi connectivity index (χ2n) is 14.1. The molecule has 0 saturated carbocycles. The van der Waals surface area contributed by atoms with Crippen molar-refractivity contribution in [3.05, 3.63) is 194 Å². The Bertz CT molecular complexity index is 3340. The number of H-pyrrole nitrogens is 1. The van der Waals surface area contributed by atoms with Gasteiger partial charge in [0.15, 0.2) is 0 Å². The summed E-state index contributed by atoms with van der Waals surface area (Å²) < 4.78 is 21.0. The summed E-state index contributed by atoms with van der Waals surface area (Å²) >= 11 is 3.82. The Kier molecular flexibility index (Phi) is 7.68. The molecule has 0 spiro atoms. The van der Waals surface area contributed by atoms with Gasteiger partial charge in [-0.3, -0.25) is 0 Å². The minimum absolute atomic E-state index is 0.808. The third kappa shape index (κ3) is 4.75. The average molecular weight is 823 g/mol. The SMILES string of the molecule is O=P(c1ccccc1)(c1ccccc1)c1cccc2c3ccccc3c3[nH]c4cc(P(=[Se])(c5ccncc5)n5c6ccccc6c6ccccc65)ccc4[n+]3c12. The molecule has 56 heavy (non-hydrogen) atoms. The number of rotatable bonds is 6. The maximum absolute atomic E-state index is 16.1.